The molecule has 0 aliphatic carbocycles. The quantitative estimate of drug-likeness (QED) is 0.455. The lowest BCUT2D eigenvalue weighted by molar-refractivity contribution is 0.0322. The van der Waals surface area contributed by atoms with Gasteiger partial charge >= 0.3 is 0 Å². The third kappa shape index (κ3) is 5.66. The van der Waals surface area contributed by atoms with E-state index < -0.39 is 0 Å². The zero-order valence-electron chi connectivity index (χ0n) is 11.8. The third-order valence-electron chi connectivity index (χ3n) is 3.07. The Kier molecular flexibility index (Phi) is 6.39. The summed E-state index contributed by atoms with van der Waals surface area (Å²) in [5.74, 6) is 0.791. The molecule has 3 N–H and O–H groups in total. The average Bonchev–Trinajstić information content (AvgIpc) is 2.49. The lowest BCUT2D eigenvalue weighted by Crippen LogP contribution is -2.38. The van der Waals surface area contributed by atoms with Gasteiger partial charge in [0.05, 0.1) is 19.4 Å². The molecule has 0 unspecified atom stereocenters. The first-order chi connectivity index (χ1) is 10.3. The molecule has 1 aliphatic heterocycles. The van der Waals surface area contributed by atoms with Crippen LogP contribution >= 0.6 is 12.2 Å². The summed E-state index contributed by atoms with van der Waals surface area (Å²) in [7, 11) is 0. The van der Waals surface area contributed by atoms with Gasteiger partial charge in [0.15, 0.2) is 5.11 Å². The molecule has 1 heterocycles. The first kappa shape index (κ1) is 15.7. The van der Waals surface area contributed by atoms with Gasteiger partial charge in [0.25, 0.3) is 0 Å². The Bertz CT molecular complexity index is 490. The van der Waals surface area contributed by atoms with Crippen molar-refractivity contribution in [3.63, 3.8) is 0 Å². The number of nitrogens with one attached hydrogen (secondary N) is 1. The molecule has 1 aromatic rings. The average molecular weight is 308 g/mol. The molecule has 7 heteroatoms. The summed E-state index contributed by atoms with van der Waals surface area (Å²) in [6.07, 6.45) is 1.64. The van der Waals surface area contributed by atoms with Gasteiger partial charge in [0, 0.05) is 25.2 Å². The molecule has 1 aliphatic rings. The van der Waals surface area contributed by atoms with Crippen LogP contribution in [0.25, 0.3) is 0 Å². The molecule has 1 saturated heterocycles. The summed E-state index contributed by atoms with van der Waals surface area (Å²) in [5, 5.41) is 4.09. The summed E-state index contributed by atoms with van der Waals surface area (Å²) in [5.41, 5.74) is 8.73. The van der Waals surface area contributed by atoms with Gasteiger partial charge in [-0.05, 0) is 24.4 Å². The number of nitrogens with zero attached hydrogens (tertiary/aromatic N) is 2. The molecule has 0 bridgehead atoms. The lowest BCUT2D eigenvalue weighted by atomic mass is 10.2. The zero-order chi connectivity index (χ0) is 14.9. The second-order valence-corrected chi connectivity index (χ2v) is 5.01. The smallest absolute Gasteiger partial charge is 0.184 e. The van der Waals surface area contributed by atoms with Gasteiger partial charge in [-0.15, -0.1) is 0 Å². The molecule has 0 amide bonds. The van der Waals surface area contributed by atoms with E-state index in [1.165, 1.54) is 0 Å². The van der Waals surface area contributed by atoms with E-state index in [-0.39, 0.29) is 5.11 Å². The number of hydrogen-bond acceptors (Lipinski definition) is 5. The fourth-order valence-electron chi connectivity index (χ4n) is 1.99. The summed E-state index contributed by atoms with van der Waals surface area (Å²) in [6.45, 7) is 5.05. The molecule has 0 radical (unpaired) electrons. The second kappa shape index (κ2) is 8.56. The number of hydrazone groups is 1. The summed E-state index contributed by atoms with van der Waals surface area (Å²) in [4.78, 5) is 2.33. The van der Waals surface area contributed by atoms with E-state index in [0.717, 1.165) is 44.2 Å². The highest BCUT2D eigenvalue weighted by atomic mass is 32.1. The van der Waals surface area contributed by atoms with Crippen molar-refractivity contribution in [2.45, 2.75) is 0 Å². The highest BCUT2D eigenvalue weighted by molar-refractivity contribution is 7.80. The van der Waals surface area contributed by atoms with Crippen molar-refractivity contribution < 1.29 is 9.47 Å². The number of nitrogens with two attached hydrogens (primary N) is 1. The van der Waals surface area contributed by atoms with Gasteiger partial charge in [-0.25, -0.2) is 0 Å². The van der Waals surface area contributed by atoms with Gasteiger partial charge < -0.3 is 15.2 Å². The molecular formula is C14H20N4O2S. The van der Waals surface area contributed by atoms with Gasteiger partial charge in [0.2, 0.25) is 0 Å². The summed E-state index contributed by atoms with van der Waals surface area (Å²) in [6, 6.07) is 7.70. The fraction of sp³-hybridized carbons (Fsp3) is 0.429. The Balaban J connectivity index is 1.84. The Morgan fingerprint density at radius 3 is 2.95 bits per heavy atom. The van der Waals surface area contributed by atoms with Crippen molar-refractivity contribution in [2.75, 3.05) is 39.5 Å². The van der Waals surface area contributed by atoms with Crippen LogP contribution in [0.2, 0.25) is 0 Å². The van der Waals surface area contributed by atoms with Gasteiger partial charge in [-0.1, -0.05) is 12.1 Å². The monoisotopic (exact) mass is 308 g/mol. The minimum Gasteiger partial charge on any atom is -0.492 e. The SMILES string of the molecule is NC(=S)NN=Cc1ccccc1OCCN1CCOCC1. The van der Waals surface area contributed by atoms with Crippen LogP contribution < -0.4 is 15.9 Å². The number of ether oxygens (including phenoxy) is 2. The van der Waals surface area contributed by atoms with E-state index >= 15 is 0 Å². The van der Waals surface area contributed by atoms with Crippen LogP contribution in [0.1, 0.15) is 5.56 Å². The Morgan fingerprint density at radius 1 is 1.43 bits per heavy atom. The van der Waals surface area contributed by atoms with Crippen molar-refractivity contribution in [1.29, 1.82) is 0 Å². The van der Waals surface area contributed by atoms with Crippen LogP contribution in [0.5, 0.6) is 5.75 Å². The topological polar surface area (TPSA) is 72.1 Å². The molecule has 1 fully saturated rings. The number of para-hydroxylation sites is 1. The van der Waals surface area contributed by atoms with E-state index in [2.05, 4.69) is 15.4 Å². The fourth-order valence-corrected chi connectivity index (χ4v) is 2.05. The first-order valence-corrected chi connectivity index (χ1v) is 7.27. The molecule has 114 valence electrons. The van der Waals surface area contributed by atoms with Crippen LogP contribution in [0.3, 0.4) is 0 Å². The number of benzene rings is 1. The maximum absolute atomic E-state index is 5.83. The predicted molar refractivity (Wildman–Crippen MR) is 86.7 cm³/mol. The Labute approximate surface area is 129 Å². The molecule has 0 spiro atoms. The number of hydrogen-bond donors (Lipinski definition) is 2. The minimum atomic E-state index is 0.136. The number of morpholine rings is 1. The largest absolute Gasteiger partial charge is 0.492 e. The van der Waals surface area contributed by atoms with Crippen LogP contribution in [-0.2, 0) is 4.74 Å². The maximum Gasteiger partial charge on any atom is 0.184 e. The predicted octanol–water partition coefficient (Wildman–Crippen LogP) is 0.565. The maximum atomic E-state index is 5.83. The summed E-state index contributed by atoms with van der Waals surface area (Å²) >= 11 is 4.69. The Hall–Kier alpha value is -1.70. The normalized spacial score (nSPS) is 16.0. The number of rotatable bonds is 6. The standard InChI is InChI=1S/C14H20N4O2S/c15-14(21)17-16-11-12-3-1-2-4-13(12)20-10-7-18-5-8-19-9-6-18/h1-4,11H,5-10H2,(H3,15,17,21). The molecule has 1 aromatic carbocycles. The van der Waals surface area contributed by atoms with Crippen molar-refractivity contribution in [2.24, 2.45) is 10.8 Å². The van der Waals surface area contributed by atoms with Crippen molar-refractivity contribution >= 4 is 23.5 Å². The van der Waals surface area contributed by atoms with Crippen LogP contribution in [0, 0.1) is 0 Å². The van der Waals surface area contributed by atoms with Gasteiger partial charge in [0.1, 0.15) is 12.4 Å². The Morgan fingerprint density at radius 2 is 2.19 bits per heavy atom. The van der Waals surface area contributed by atoms with Gasteiger partial charge in [-0.2, -0.15) is 5.10 Å². The van der Waals surface area contributed by atoms with Crippen molar-refractivity contribution in [1.82, 2.24) is 10.3 Å². The van der Waals surface area contributed by atoms with E-state index in [9.17, 15) is 0 Å². The molecule has 2 rings (SSSR count). The van der Waals surface area contributed by atoms with Crippen LogP contribution in [-0.4, -0.2) is 55.7 Å². The molecule has 21 heavy (non-hydrogen) atoms. The minimum absolute atomic E-state index is 0.136. The third-order valence-corrected chi connectivity index (χ3v) is 3.16. The molecule has 0 atom stereocenters. The molecule has 0 saturated carbocycles. The van der Waals surface area contributed by atoms with E-state index in [1.807, 2.05) is 24.3 Å². The highest BCUT2D eigenvalue weighted by Gasteiger charge is 2.10. The molecule has 6 nitrogen and oxygen atoms in total. The summed E-state index contributed by atoms with van der Waals surface area (Å²) < 4.78 is 11.2. The van der Waals surface area contributed by atoms with E-state index in [4.69, 9.17) is 27.4 Å². The van der Waals surface area contributed by atoms with Crippen LogP contribution in [0.4, 0.5) is 0 Å². The van der Waals surface area contributed by atoms with Crippen molar-refractivity contribution in [3.8, 4) is 5.75 Å². The second-order valence-electron chi connectivity index (χ2n) is 4.57. The molecular weight excluding hydrogens is 288 g/mol. The highest BCUT2D eigenvalue weighted by Crippen LogP contribution is 2.15. The lowest BCUT2D eigenvalue weighted by Gasteiger charge is -2.26. The molecule has 0 aromatic heterocycles. The van der Waals surface area contributed by atoms with E-state index in [1.54, 1.807) is 6.21 Å². The number of thiocarbonyl (C=S) groups is 1. The van der Waals surface area contributed by atoms with Gasteiger partial charge in [-0.3, -0.25) is 10.3 Å². The van der Waals surface area contributed by atoms with E-state index in [0.29, 0.717) is 6.61 Å². The zero-order valence-corrected chi connectivity index (χ0v) is 12.6. The van der Waals surface area contributed by atoms with Crippen molar-refractivity contribution in [3.05, 3.63) is 29.8 Å². The van der Waals surface area contributed by atoms with Crippen LogP contribution in [0.15, 0.2) is 29.4 Å². The first-order valence-electron chi connectivity index (χ1n) is 6.86.